The molecule has 0 spiro atoms. The molecule has 0 aliphatic carbocycles. The van der Waals surface area contributed by atoms with Gasteiger partial charge in [-0.15, -0.1) is 0 Å². The zero-order valence-corrected chi connectivity index (χ0v) is 15.8. The standard InChI is InChI=1S/C18H28NO4P/c1-4-6-7-8-9-10-13-22-24(20,5-2)23-17-12-11-16(15-19)14-18(17)21-3/h11-12,14H,4-10,13H2,1-3H3. The van der Waals surface area contributed by atoms with Crippen LogP contribution in [0.4, 0.5) is 0 Å². The van der Waals surface area contributed by atoms with Gasteiger partial charge in [-0.25, -0.2) is 4.57 Å². The molecule has 0 radical (unpaired) electrons. The zero-order valence-electron chi connectivity index (χ0n) is 14.9. The Labute approximate surface area is 145 Å². The van der Waals surface area contributed by atoms with Crippen LogP contribution in [-0.2, 0) is 9.09 Å². The van der Waals surface area contributed by atoms with Gasteiger partial charge in [0.2, 0.25) is 0 Å². The first-order chi connectivity index (χ1) is 11.6. The summed E-state index contributed by atoms with van der Waals surface area (Å²) in [4.78, 5) is 0. The number of nitrogens with zero attached hydrogens (tertiary/aromatic N) is 1. The van der Waals surface area contributed by atoms with Gasteiger partial charge >= 0.3 is 7.60 Å². The van der Waals surface area contributed by atoms with Gasteiger partial charge in [-0.2, -0.15) is 5.26 Å². The van der Waals surface area contributed by atoms with Crippen LogP contribution in [0.15, 0.2) is 18.2 Å². The highest BCUT2D eigenvalue weighted by Crippen LogP contribution is 2.50. The largest absolute Gasteiger partial charge is 0.493 e. The number of methoxy groups -OCH3 is 1. The van der Waals surface area contributed by atoms with Gasteiger partial charge in [-0.1, -0.05) is 46.0 Å². The third-order valence-electron chi connectivity index (χ3n) is 3.70. The summed E-state index contributed by atoms with van der Waals surface area (Å²) in [5, 5.41) is 8.92. The van der Waals surface area contributed by atoms with E-state index in [0.717, 1.165) is 12.8 Å². The maximum atomic E-state index is 12.7. The van der Waals surface area contributed by atoms with Crippen molar-refractivity contribution in [3.8, 4) is 17.6 Å². The maximum Gasteiger partial charge on any atom is 0.379 e. The lowest BCUT2D eigenvalue weighted by atomic mass is 10.1. The average molecular weight is 353 g/mol. The number of benzene rings is 1. The Kier molecular flexibility index (Phi) is 9.52. The monoisotopic (exact) mass is 353 g/mol. The summed E-state index contributed by atoms with van der Waals surface area (Å²) in [6, 6.07) is 6.79. The zero-order chi connectivity index (χ0) is 17.8. The molecule has 0 saturated carbocycles. The molecule has 1 unspecified atom stereocenters. The lowest BCUT2D eigenvalue weighted by Crippen LogP contribution is -2.03. The summed E-state index contributed by atoms with van der Waals surface area (Å²) in [6.07, 6.45) is 7.13. The Morgan fingerprint density at radius 3 is 2.42 bits per heavy atom. The van der Waals surface area contributed by atoms with Gasteiger partial charge in [0.1, 0.15) is 0 Å². The molecule has 1 aromatic carbocycles. The fourth-order valence-corrected chi connectivity index (χ4v) is 3.45. The average Bonchev–Trinajstić information content (AvgIpc) is 2.61. The molecule has 0 bridgehead atoms. The van der Waals surface area contributed by atoms with E-state index in [2.05, 4.69) is 6.92 Å². The molecule has 1 atom stereocenters. The second-order valence-electron chi connectivity index (χ2n) is 5.60. The topological polar surface area (TPSA) is 68.5 Å². The van der Waals surface area contributed by atoms with Gasteiger partial charge in [-0.05, 0) is 18.6 Å². The molecule has 1 aromatic rings. The number of hydrogen-bond acceptors (Lipinski definition) is 5. The molecule has 5 nitrogen and oxygen atoms in total. The van der Waals surface area contributed by atoms with Gasteiger partial charge in [0.15, 0.2) is 11.5 Å². The molecular weight excluding hydrogens is 325 g/mol. The second kappa shape index (κ2) is 11.1. The SMILES string of the molecule is CCCCCCCCOP(=O)(CC)Oc1ccc(C#N)cc1OC. The highest BCUT2D eigenvalue weighted by Gasteiger charge is 2.25. The molecule has 0 aliphatic heterocycles. The normalized spacial score (nSPS) is 13.1. The van der Waals surface area contributed by atoms with Crippen LogP contribution >= 0.6 is 7.60 Å². The van der Waals surface area contributed by atoms with Crippen molar-refractivity contribution in [1.82, 2.24) is 0 Å². The van der Waals surface area contributed by atoms with Crippen molar-refractivity contribution in [3.05, 3.63) is 23.8 Å². The molecule has 134 valence electrons. The van der Waals surface area contributed by atoms with Crippen LogP contribution in [0.1, 0.15) is 57.9 Å². The van der Waals surface area contributed by atoms with E-state index in [0.29, 0.717) is 23.7 Å². The third-order valence-corrected chi connectivity index (χ3v) is 5.53. The van der Waals surface area contributed by atoms with Crippen LogP contribution in [-0.4, -0.2) is 19.9 Å². The van der Waals surface area contributed by atoms with Crippen molar-refractivity contribution in [2.75, 3.05) is 19.9 Å². The maximum absolute atomic E-state index is 12.7. The van der Waals surface area contributed by atoms with Crippen LogP contribution in [0.2, 0.25) is 0 Å². The van der Waals surface area contributed by atoms with E-state index in [9.17, 15) is 4.57 Å². The second-order valence-corrected chi connectivity index (χ2v) is 7.89. The number of nitriles is 1. The minimum absolute atomic E-state index is 0.284. The molecule has 1 rings (SSSR count). The first-order valence-corrected chi connectivity index (χ1v) is 10.3. The van der Waals surface area contributed by atoms with Gasteiger partial charge in [-0.3, -0.25) is 4.52 Å². The predicted molar refractivity (Wildman–Crippen MR) is 95.8 cm³/mol. The molecular formula is C18H28NO4P. The van der Waals surface area contributed by atoms with Crippen LogP contribution in [0, 0.1) is 11.3 Å². The summed E-state index contributed by atoms with van der Waals surface area (Å²) < 4.78 is 29.1. The van der Waals surface area contributed by atoms with Crippen molar-refractivity contribution < 1.29 is 18.3 Å². The van der Waals surface area contributed by atoms with Crippen LogP contribution < -0.4 is 9.26 Å². The number of ether oxygens (including phenoxy) is 1. The first-order valence-electron chi connectivity index (χ1n) is 8.59. The van der Waals surface area contributed by atoms with Crippen LogP contribution in [0.5, 0.6) is 11.5 Å². The Morgan fingerprint density at radius 2 is 1.79 bits per heavy atom. The summed E-state index contributed by atoms with van der Waals surface area (Å²) in [5.41, 5.74) is 0.457. The van der Waals surface area contributed by atoms with Crippen molar-refractivity contribution in [1.29, 1.82) is 5.26 Å². The summed E-state index contributed by atoms with van der Waals surface area (Å²) in [7, 11) is -1.73. The molecule has 0 aliphatic rings. The smallest absolute Gasteiger partial charge is 0.379 e. The molecule has 0 heterocycles. The summed E-state index contributed by atoms with van der Waals surface area (Å²) in [5.74, 6) is 0.718. The number of hydrogen-bond donors (Lipinski definition) is 0. The van der Waals surface area contributed by atoms with Gasteiger partial charge in [0, 0.05) is 6.07 Å². The lowest BCUT2D eigenvalue weighted by Gasteiger charge is -2.19. The fraction of sp³-hybridized carbons (Fsp3) is 0.611. The summed E-state index contributed by atoms with van der Waals surface area (Å²) in [6.45, 7) is 4.39. The molecule has 0 saturated heterocycles. The Balaban J connectivity index is 2.56. The van der Waals surface area contributed by atoms with Crippen molar-refractivity contribution >= 4 is 7.60 Å². The number of rotatable bonds is 12. The molecule has 0 N–H and O–H groups in total. The van der Waals surface area contributed by atoms with Gasteiger partial charge in [0.05, 0.1) is 31.5 Å². The van der Waals surface area contributed by atoms with E-state index in [1.807, 2.05) is 6.07 Å². The molecule has 0 aromatic heterocycles. The predicted octanol–water partition coefficient (Wildman–Crippen LogP) is 5.54. The van der Waals surface area contributed by atoms with E-state index in [1.54, 1.807) is 25.1 Å². The highest BCUT2D eigenvalue weighted by molar-refractivity contribution is 7.54. The fourth-order valence-electron chi connectivity index (χ4n) is 2.23. The molecule has 24 heavy (non-hydrogen) atoms. The third kappa shape index (κ3) is 6.95. The van der Waals surface area contributed by atoms with E-state index in [4.69, 9.17) is 19.0 Å². The molecule has 6 heteroatoms. The van der Waals surface area contributed by atoms with Gasteiger partial charge in [0.25, 0.3) is 0 Å². The Hall–Kier alpha value is -1.50. The first kappa shape index (κ1) is 20.5. The van der Waals surface area contributed by atoms with E-state index >= 15 is 0 Å². The minimum atomic E-state index is -3.21. The van der Waals surface area contributed by atoms with E-state index < -0.39 is 7.60 Å². The molecule has 0 amide bonds. The quantitative estimate of drug-likeness (QED) is 0.365. The van der Waals surface area contributed by atoms with Crippen molar-refractivity contribution in [2.45, 2.75) is 52.4 Å². The molecule has 0 fully saturated rings. The van der Waals surface area contributed by atoms with Crippen LogP contribution in [0.25, 0.3) is 0 Å². The highest BCUT2D eigenvalue weighted by atomic mass is 31.2. The van der Waals surface area contributed by atoms with Crippen molar-refractivity contribution in [2.24, 2.45) is 0 Å². The van der Waals surface area contributed by atoms with Crippen LogP contribution in [0.3, 0.4) is 0 Å². The Morgan fingerprint density at radius 1 is 1.08 bits per heavy atom. The van der Waals surface area contributed by atoms with E-state index in [1.165, 1.54) is 32.8 Å². The number of unbranched alkanes of at least 4 members (excludes halogenated alkanes) is 5. The summed E-state index contributed by atoms with van der Waals surface area (Å²) >= 11 is 0. The minimum Gasteiger partial charge on any atom is -0.493 e. The lowest BCUT2D eigenvalue weighted by molar-refractivity contribution is 0.255. The Bertz CT molecular complexity index is 583. The van der Waals surface area contributed by atoms with Gasteiger partial charge < -0.3 is 9.26 Å². The van der Waals surface area contributed by atoms with E-state index in [-0.39, 0.29) is 6.16 Å². The van der Waals surface area contributed by atoms with Crippen molar-refractivity contribution in [3.63, 3.8) is 0 Å².